The third-order valence-corrected chi connectivity index (χ3v) is 3.32. The van der Waals surface area contributed by atoms with Gasteiger partial charge in [0.25, 0.3) is 0 Å². The van der Waals surface area contributed by atoms with Gasteiger partial charge in [-0.2, -0.15) is 5.26 Å². The van der Waals surface area contributed by atoms with Crippen molar-refractivity contribution in [3.63, 3.8) is 0 Å². The van der Waals surface area contributed by atoms with Crippen LogP contribution in [-0.4, -0.2) is 6.54 Å². The van der Waals surface area contributed by atoms with Crippen molar-refractivity contribution in [2.45, 2.75) is 19.4 Å². The van der Waals surface area contributed by atoms with Crippen molar-refractivity contribution in [3.8, 4) is 6.07 Å². The number of nitrogens with zero attached hydrogens (tertiary/aromatic N) is 1. The summed E-state index contributed by atoms with van der Waals surface area (Å²) in [5.74, 6) is -0.201. The number of rotatable bonds is 5. The predicted molar refractivity (Wildman–Crippen MR) is 77.7 cm³/mol. The number of nitrogens with one attached hydrogen (secondary N) is 1. The van der Waals surface area contributed by atoms with Crippen LogP contribution in [0.1, 0.15) is 29.7 Å². The standard InChI is InChI=1S/C17H17FN2/c1-13(16-6-2-15(12-19)3-7-16)20-11-10-14-4-8-17(18)9-5-14/h2-9,13,20H,10-11H2,1H3. The Labute approximate surface area is 118 Å². The lowest BCUT2D eigenvalue weighted by Crippen LogP contribution is -2.21. The van der Waals surface area contributed by atoms with E-state index in [9.17, 15) is 4.39 Å². The Morgan fingerprint density at radius 1 is 1.10 bits per heavy atom. The Morgan fingerprint density at radius 2 is 1.75 bits per heavy atom. The molecule has 0 fully saturated rings. The highest BCUT2D eigenvalue weighted by Crippen LogP contribution is 2.13. The molecule has 3 heteroatoms. The van der Waals surface area contributed by atoms with E-state index in [4.69, 9.17) is 5.26 Å². The molecule has 0 aliphatic heterocycles. The monoisotopic (exact) mass is 268 g/mol. The summed E-state index contributed by atoms with van der Waals surface area (Å²) in [7, 11) is 0. The minimum absolute atomic E-state index is 0.201. The first-order valence-electron chi connectivity index (χ1n) is 6.67. The van der Waals surface area contributed by atoms with Crippen molar-refractivity contribution >= 4 is 0 Å². The fraction of sp³-hybridized carbons (Fsp3) is 0.235. The van der Waals surface area contributed by atoms with Gasteiger partial charge in [0.2, 0.25) is 0 Å². The van der Waals surface area contributed by atoms with E-state index < -0.39 is 0 Å². The van der Waals surface area contributed by atoms with Gasteiger partial charge in [0.1, 0.15) is 5.82 Å². The van der Waals surface area contributed by atoms with Crippen molar-refractivity contribution in [1.29, 1.82) is 5.26 Å². The zero-order chi connectivity index (χ0) is 14.4. The highest BCUT2D eigenvalue weighted by atomic mass is 19.1. The number of halogens is 1. The van der Waals surface area contributed by atoms with E-state index in [0.717, 1.165) is 24.1 Å². The van der Waals surface area contributed by atoms with Crippen molar-refractivity contribution < 1.29 is 4.39 Å². The minimum atomic E-state index is -0.201. The van der Waals surface area contributed by atoms with Gasteiger partial charge < -0.3 is 5.32 Å². The normalized spacial score (nSPS) is 11.8. The highest BCUT2D eigenvalue weighted by Gasteiger charge is 2.04. The molecule has 1 atom stereocenters. The molecular formula is C17H17FN2. The van der Waals surface area contributed by atoms with Crippen molar-refractivity contribution in [2.24, 2.45) is 0 Å². The van der Waals surface area contributed by atoms with Crippen LogP contribution >= 0.6 is 0 Å². The maximum atomic E-state index is 12.8. The molecule has 0 saturated heterocycles. The third-order valence-electron chi connectivity index (χ3n) is 3.32. The van der Waals surface area contributed by atoms with Crippen LogP contribution in [0.3, 0.4) is 0 Å². The Hall–Kier alpha value is -2.18. The molecule has 2 aromatic carbocycles. The first-order chi connectivity index (χ1) is 9.69. The van der Waals surface area contributed by atoms with Crippen LogP contribution in [0.4, 0.5) is 4.39 Å². The lowest BCUT2D eigenvalue weighted by atomic mass is 10.1. The summed E-state index contributed by atoms with van der Waals surface area (Å²) >= 11 is 0. The van der Waals surface area contributed by atoms with Crippen LogP contribution in [0.25, 0.3) is 0 Å². The second-order valence-corrected chi connectivity index (χ2v) is 4.79. The molecule has 0 aliphatic rings. The van der Waals surface area contributed by atoms with E-state index in [1.54, 1.807) is 0 Å². The molecule has 0 saturated carbocycles. The van der Waals surface area contributed by atoms with E-state index in [2.05, 4.69) is 18.3 Å². The summed E-state index contributed by atoms with van der Waals surface area (Å²) in [6.07, 6.45) is 0.862. The summed E-state index contributed by atoms with van der Waals surface area (Å²) < 4.78 is 12.8. The Kier molecular flexibility index (Phi) is 4.86. The summed E-state index contributed by atoms with van der Waals surface area (Å²) in [5, 5.41) is 12.2. The van der Waals surface area contributed by atoms with Crippen molar-refractivity contribution in [1.82, 2.24) is 5.32 Å². The molecule has 1 unspecified atom stereocenters. The van der Waals surface area contributed by atoms with Crippen LogP contribution in [0, 0.1) is 17.1 Å². The molecule has 102 valence electrons. The molecule has 2 rings (SSSR count). The average Bonchev–Trinajstić information content (AvgIpc) is 2.49. The third kappa shape index (κ3) is 3.91. The molecule has 0 aromatic heterocycles. The number of nitriles is 1. The molecule has 1 N–H and O–H groups in total. The smallest absolute Gasteiger partial charge is 0.123 e. The highest BCUT2D eigenvalue weighted by molar-refractivity contribution is 5.32. The Bertz CT molecular complexity index is 582. The summed E-state index contributed by atoms with van der Waals surface area (Å²) in [6, 6.07) is 16.5. The van der Waals surface area contributed by atoms with Crippen LogP contribution in [0.15, 0.2) is 48.5 Å². The van der Waals surface area contributed by atoms with Gasteiger partial charge in [0.15, 0.2) is 0 Å². The van der Waals surface area contributed by atoms with Gasteiger partial charge in [-0.05, 0) is 55.3 Å². The maximum absolute atomic E-state index is 12.8. The van der Waals surface area contributed by atoms with E-state index in [-0.39, 0.29) is 11.9 Å². The second-order valence-electron chi connectivity index (χ2n) is 4.79. The Balaban J connectivity index is 1.84. The van der Waals surface area contributed by atoms with Crippen LogP contribution in [0.2, 0.25) is 0 Å². The van der Waals surface area contributed by atoms with E-state index in [1.807, 2.05) is 36.4 Å². The largest absolute Gasteiger partial charge is 0.310 e. The molecular weight excluding hydrogens is 251 g/mol. The lowest BCUT2D eigenvalue weighted by molar-refractivity contribution is 0.576. The molecule has 0 heterocycles. The summed E-state index contributed by atoms with van der Waals surface area (Å²) in [5.41, 5.74) is 2.95. The number of benzene rings is 2. The first-order valence-corrected chi connectivity index (χ1v) is 6.67. The quantitative estimate of drug-likeness (QED) is 0.899. The fourth-order valence-electron chi connectivity index (χ4n) is 2.05. The average molecular weight is 268 g/mol. The number of hydrogen-bond acceptors (Lipinski definition) is 2. The van der Waals surface area contributed by atoms with Crippen LogP contribution < -0.4 is 5.32 Å². The van der Waals surface area contributed by atoms with E-state index in [0.29, 0.717) is 5.56 Å². The molecule has 20 heavy (non-hydrogen) atoms. The van der Waals surface area contributed by atoms with Gasteiger partial charge in [0.05, 0.1) is 11.6 Å². The van der Waals surface area contributed by atoms with Crippen molar-refractivity contribution in [2.75, 3.05) is 6.54 Å². The van der Waals surface area contributed by atoms with Crippen LogP contribution in [0.5, 0.6) is 0 Å². The van der Waals surface area contributed by atoms with Gasteiger partial charge in [-0.15, -0.1) is 0 Å². The van der Waals surface area contributed by atoms with E-state index >= 15 is 0 Å². The minimum Gasteiger partial charge on any atom is -0.310 e. The van der Waals surface area contributed by atoms with Gasteiger partial charge in [-0.1, -0.05) is 24.3 Å². The van der Waals surface area contributed by atoms with Gasteiger partial charge in [0, 0.05) is 6.04 Å². The van der Waals surface area contributed by atoms with Crippen LogP contribution in [-0.2, 0) is 6.42 Å². The topological polar surface area (TPSA) is 35.8 Å². The van der Waals surface area contributed by atoms with Gasteiger partial charge in [-0.25, -0.2) is 4.39 Å². The second kappa shape index (κ2) is 6.83. The lowest BCUT2D eigenvalue weighted by Gasteiger charge is -2.14. The molecule has 2 aromatic rings. The van der Waals surface area contributed by atoms with Gasteiger partial charge >= 0.3 is 0 Å². The maximum Gasteiger partial charge on any atom is 0.123 e. The zero-order valence-electron chi connectivity index (χ0n) is 11.4. The molecule has 2 nitrogen and oxygen atoms in total. The predicted octanol–water partition coefficient (Wildman–Crippen LogP) is 3.59. The Morgan fingerprint density at radius 3 is 2.35 bits per heavy atom. The zero-order valence-corrected chi connectivity index (χ0v) is 11.4. The molecule has 0 radical (unpaired) electrons. The fourth-order valence-corrected chi connectivity index (χ4v) is 2.05. The molecule has 0 aliphatic carbocycles. The van der Waals surface area contributed by atoms with Crippen molar-refractivity contribution in [3.05, 3.63) is 71.0 Å². The molecule has 0 amide bonds. The SMILES string of the molecule is CC(NCCc1ccc(F)cc1)c1ccc(C#N)cc1. The summed E-state index contributed by atoms with van der Waals surface area (Å²) in [6.45, 7) is 2.92. The van der Waals surface area contributed by atoms with E-state index in [1.165, 1.54) is 12.1 Å². The summed E-state index contributed by atoms with van der Waals surface area (Å²) in [4.78, 5) is 0. The molecule has 0 spiro atoms. The first kappa shape index (κ1) is 14.2. The van der Waals surface area contributed by atoms with Gasteiger partial charge in [-0.3, -0.25) is 0 Å². The molecule has 0 bridgehead atoms. The number of hydrogen-bond donors (Lipinski definition) is 1.